The second-order valence-electron chi connectivity index (χ2n) is 7.89. The maximum Gasteiger partial charge on any atom is 0.352 e. The molecule has 0 aromatic carbocycles. The van der Waals surface area contributed by atoms with Gasteiger partial charge in [-0.05, 0) is 6.92 Å². The summed E-state index contributed by atoms with van der Waals surface area (Å²) in [7, 11) is 5.12. The van der Waals surface area contributed by atoms with E-state index < -0.39 is 29.2 Å². The highest BCUT2D eigenvalue weighted by molar-refractivity contribution is 8.00. The van der Waals surface area contributed by atoms with E-state index in [1.165, 1.54) is 23.8 Å². The lowest BCUT2D eigenvalue weighted by atomic mass is 10.0. The third-order valence-corrected chi connectivity index (χ3v) is 8.87. The molecule has 4 rings (SSSR count). The van der Waals surface area contributed by atoms with E-state index in [-0.39, 0.29) is 22.2 Å². The van der Waals surface area contributed by atoms with Crippen molar-refractivity contribution in [3.05, 3.63) is 33.4 Å². The van der Waals surface area contributed by atoms with Gasteiger partial charge in [0, 0.05) is 22.1 Å². The number of nitrogens with two attached hydrogens (primary N) is 1. The Bertz CT molecular complexity index is 1250. The summed E-state index contributed by atoms with van der Waals surface area (Å²) in [4.78, 5) is 50.1. The van der Waals surface area contributed by atoms with Crippen molar-refractivity contribution in [3.8, 4) is 0 Å². The number of hydrogen-bond acceptors (Lipinski definition) is 11. The molecule has 2 aromatic rings. The highest BCUT2D eigenvalue weighted by atomic mass is 32.2. The summed E-state index contributed by atoms with van der Waals surface area (Å²) in [5.74, 6) is -1.94. The number of anilines is 2. The predicted octanol–water partition coefficient (Wildman–Crippen LogP) is 0.145. The second-order valence-corrected chi connectivity index (χ2v) is 10.7. The molecule has 4 N–H and O–H groups in total. The molecule has 186 valence electrons. The lowest BCUT2D eigenvalue weighted by molar-refractivity contribution is -0.660. The zero-order valence-corrected chi connectivity index (χ0v) is 21.8. The first-order valence-corrected chi connectivity index (χ1v) is 13.1. The van der Waals surface area contributed by atoms with Crippen LogP contribution in [0.4, 0.5) is 10.3 Å². The number of fused-ring (bicyclic) bond motifs is 1. The van der Waals surface area contributed by atoms with Crippen molar-refractivity contribution < 1.29 is 28.9 Å². The summed E-state index contributed by atoms with van der Waals surface area (Å²) in [6.45, 7) is 2.35. The van der Waals surface area contributed by atoms with E-state index in [1.807, 2.05) is 35.9 Å². The molecule has 2 atom stereocenters. The quantitative estimate of drug-likeness (QED) is 0.184. The zero-order chi connectivity index (χ0) is 25.4. The molecule has 2 aromatic heterocycles. The van der Waals surface area contributed by atoms with E-state index in [9.17, 15) is 19.5 Å². The van der Waals surface area contributed by atoms with Crippen LogP contribution < -0.4 is 20.5 Å². The fourth-order valence-electron chi connectivity index (χ4n) is 3.85. The van der Waals surface area contributed by atoms with Gasteiger partial charge in [0.2, 0.25) is 0 Å². The number of aryl methyl sites for hydroxylation is 1. The second kappa shape index (κ2) is 9.83. The minimum atomic E-state index is -1.18. The fourth-order valence-corrected chi connectivity index (χ4v) is 6.72. The van der Waals surface area contributed by atoms with Gasteiger partial charge in [0.1, 0.15) is 42.2 Å². The maximum atomic E-state index is 13.0. The fraction of sp³-hybridized carbons (Fsp3) is 0.400. The molecule has 35 heavy (non-hydrogen) atoms. The van der Waals surface area contributed by atoms with Gasteiger partial charge in [-0.15, -0.1) is 23.1 Å². The van der Waals surface area contributed by atoms with E-state index in [1.54, 1.807) is 16.7 Å². The molecule has 0 aliphatic carbocycles. The van der Waals surface area contributed by atoms with Crippen molar-refractivity contribution in [2.24, 2.45) is 12.2 Å². The number of carbonyl (C=O) groups is 3. The van der Waals surface area contributed by atoms with Crippen molar-refractivity contribution in [1.82, 2.24) is 15.2 Å². The van der Waals surface area contributed by atoms with Crippen LogP contribution in [0.5, 0.6) is 0 Å². The summed E-state index contributed by atoms with van der Waals surface area (Å²) in [6, 6.07) is -0.906. The standard InChI is InChI=1S/C20H23N7O5S3/c1-9-6-35-20(26(9)3)25(2)5-10-7-33-17-13(16(29)27(17)14(10)18(30)31)23-15(28)12(24-32-4)11-8-34-19(21)22-11/h6,8,13,17H,5,7H2,1-4H3,(H3-,21,22,23,28,30,31)/p+1/b24-12+/t13?,17-/m1/s1. The molecule has 0 bridgehead atoms. The van der Waals surface area contributed by atoms with Crippen molar-refractivity contribution in [2.45, 2.75) is 18.3 Å². The number of oxime groups is 1. The summed E-state index contributed by atoms with van der Waals surface area (Å²) >= 11 is 4.10. The molecule has 1 fully saturated rings. The number of nitrogens with zero attached hydrogens (tertiary/aromatic N) is 5. The number of hydrogen-bond donors (Lipinski definition) is 3. The molecule has 2 aliphatic rings. The summed E-state index contributed by atoms with van der Waals surface area (Å²) in [5.41, 5.74) is 7.44. The van der Waals surface area contributed by atoms with E-state index in [0.29, 0.717) is 17.9 Å². The molecule has 0 spiro atoms. The molecule has 0 radical (unpaired) electrons. The number of aromatic nitrogens is 2. The van der Waals surface area contributed by atoms with Crippen molar-refractivity contribution >= 4 is 68.2 Å². The Kier molecular flexibility index (Phi) is 7.00. The first-order valence-electron chi connectivity index (χ1n) is 10.3. The normalized spacial score (nSPS) is 19.8. The topological polar surface area (TPSA) is 154 Å². The summed E-state index contributed by atoms with van der Waals surface area (Å²) < 4.78 is 2.03. The number of nitrogens with one attached hydrogen (secondary N) is 1. The molecule has 0 saturated carbocycles. The lowest BCUT2D eigenvalue weighted by Gasteiger charge is -2.49. The van der Waals surface area contributed by atoms with Crippen molar-refractivity contribution in [1.29, 1.82) is 0 Å². The third kappa shape index (κ3) is 4.58. The van der Waals surface area contributed by atoms with Gasteiger partial charge in [-0.3, -0.25) is 19.4 Å². The number of aliphatic carboxylic acids is 1. The lowest BCUT2D eigenvalue weighted by Crippen LogP contribution is -2.71. The molecule has 2 aliphatic heterocycles. The molecule has 1 unspecified atom stereocenters. The number of likely N-dealkylation sites (N-methyl/N-ethyl adjacent to an activating group) is 1. The van der Waals surface area contributed by atoms with Gasteiger partial charge in [-0.25, -0.2) is 14.3 Å². The van der Waals surface area contributed by atoms with E-state index in [4.69, 9.17) is 10.6 Å². The van der Waals surface area contributed by atoms with Gasteiger partial charge >= 0.3 is 11.1 Å². The molecular formula is C20H24N7O5S3+. The van der Waals surface area contributed by atoms with E-state index >= 15 is 0 Å². The Morgan fingerprint density at radius 1 is 1.43 bits per heavy atom. The first kappa shape index (κ1) is 24.9. The predicted molar refractivity (Wildman–Crippen MR) is 133 cm³/mol. The van der Waals surface area contributed by atoms with Crippen LogP contribution in [0.2, 0.25) is 0 Å². The number of thioether (sulfide) groups is 1. The maximum absolute atomic E-state index is 13.0. The third-order valence-electron chi connectivity index (χ3n) is 5.60. The Morgan fingerprint density at radius 3 is 2.74 bits per heavy atom. The van der Waals surface area contributed by atoms with Gasteiger partial charge in [-0.1, -0.05) is 16.5 Å². The minimum Gasteiger partial charge on any atom is -0.477 e. The number of thiazole rings is 2. The number of carboxylic acid groups (broad SMARTS) is 1. The highest BCUT2D eigenvalue weighted by Crippen LogP contribution is 2.40. The first-order chi connectivity index (χ1) is 16.6. The van der Waals surface area contributed by atoms with Crippen LogP contribution in [0.15, 0.2) is 27.2 Å². The van der Waals surface area contributed by atoms with Gasteiger partial charge < -0.3 is 21.0 Å². The Hall–Kier alpha value is -3.17. The number of carbonyl (C=O) groups excluding carboxylic acids is 2. The van der Waals surface area contributed by atoms with Crippen molar-refractivity contribution in [2.75, 3.05) is 37.1 Å². The minimum absolute atomic E-state index is 0.0370. The van der Waals surface area contributed by atoms with E-state index in [0.717, 1.165) is 22.2 Å². The molecule has 4 heterocycles. The number of amides is 2. The number of carboxylic acids is 1. The molecule has 15 heteroatoms. The summed E-state index contributed by atoms with van der Waals surface area (Å²) in [5, 5.41) is 20.6. The Balaban J connectivity index is 1.52. The number of nitrogen functional groups attached to an aromatic ring is 1. The Labute approximate surface area is 213 Å². The monoisotopic (exact) mass is 538 g/mol. The van der Waals surface area contributed by atoms with Crippen LogP contribution in [0.25, 0.3) is 0 Å². The largest absolute Gasteiger partial charge is 0.477 e. The van der Waals surface area contributed by atoms with Crippen LogP contribution in [-0.2, 0) is 26.3 Å². The van der Waals surface area contributed by atoms with Gasteiger partial charge in [0.15, 0.2) is 10.8 Å². The summed E-state index contributed by atoms with van der Waals surface area (Å²) in [6.07, 6.45) is 0. The van der Waals surface area contributed by atoms with Crippen LogP contribution >= 0.6 is 34.4 Å². The van der Waals surface area contributed by atoms with Crippen LogP contribution in [0.3, 0.4) is 0 Å². The highest BCUT2D eigenvalue weighted by Gasteiger charge is 2.54. The average Bonchev–Trinajstić information content (AvgIpc) is 3.39. The number of rotatable bonds is 8. The van der Waals surface area contributed by atoms with Crippen LogP contribution in [0, 0.1) is 6.92 Å². The number of β-lactam (4-membered cyclic amide) rings is 1. The van der Waals surface area contributed by atoms with Gasteiger partial charge in [0.05, 0.1) is 14.1 Å². The SMILES string of the molecule is CO/N=C(/C(=O)NC1C(=O)N2C(C(=O)O)=C(CN(C)c3scc(C)[n+]3C)CS[C@H]12)c1csc(N)n1. The Morgan fingerprint density at radius 2 is 2.17 bits per heavy atom. The molecular weight excluding hydrogens is 514 g/mol. The average molecular weight is 539 g/mol. The van der Waals surface area contributed by atoms with Gasteiger partial charge in [-0.2, -0.15) is 0 Å². The van der Waals surface area contributed by atoms with Crippen LogP contribution in [-0.4, -0.2) is 76.4 Å². The molecule has 1 saturated heterocycles. The smallest absolute Gasteiger partial charge is 0.352 e. The molecule has 12 nitrogen and oxygen atoms in total. The zero-order valence-electron chi connectivity index (χ0n) is 19.3. The van der Waals surface area contributed by atoms with E-state index in [2.05, 4.69) is 15.5 Å². The van der Waals surface area contributed by atoms with Crippen LogP contribution in [0.1, 0.15) is 11.4 Å². The molecule has 2 amide bonds. The van der Waals surface area contributed by atoms with Crippen molar-refractivity contribution in [3.63, 3.8) is 0 Å². The van der Waals surface area contributed by atoms with Gasteiger partial charge in [0.25, 0.3) is 11.8 Å².